The van der Waals surface area contributed by atoms with Crippen LogP contribution in [0.1, 0.15) is 26.2 Å². The zero-order chi connectivity index (χ0) is 13.5. The van der Waals surface area contributed by atoms with Crippen LogP contribution in [0, 0.1) is 0 Å². The van der Waals surface area contributed by atoms with Gasteiger partial charge in [-0.25, -0.2) is 0 Å². The first-order valence-corrected chi connectivity index (χ1v) is 5.34. The van der Waals surface area contributed by atoms with Gasteiger partial charge in [0.2, 0.25) is 0 Å². The molecule has 17 heavy (non-hydrogen) atoms. The molecule has 7 heteroatoms. The van der Waals surface area contributed by atoms with Crippen LogP contribution in [-0.2, 0) is 9.53 Å². The largest absolute Gasteiger partial charge is 0.480 e. The van der Waals surface area contributed by atoms with Gasteiger partial charge in [0, 0.05) is 6.61 Å². The van der Waals surface area contributed by atoms with Gasteiger partial charge in [-0.2, -0.15) is 13.2 Å². The minimum atomic E-state index is -4.34. The van der Waals surface area contributed by atoms with Crippen LogP contribution in [0.4, 0.5) is 13.2 Å². The molecular formula is C10H18F3NO3. The molecule has 0 aromatic rings. The van der Waals surface area contributed by atoms with Crippen LogP contribution in [0.25, 0.3) is 0 Å². The minimum Gasteiger partial charge on any atom is -0.480 e. The molecule has 0 radical (unpaired) electrons. The molecule has 0 amide bonds. The van der Waals surface area contributed by atoms with Gasteiger partial charge in [-0.3, -0.25) is 4.79 Å². The van der Waals surface area contributed by atoms with Crippen molar-refractivity contribution in [2.45, 2.75) is 37.9 Å². The number of halogens is 3. The molecule has 0 aliphatic rings. The molecule has 4 nitrogen and oxygen atoms in total. The molecule has 0 aliphatic carbocycles. The fraction of sp³-hybridized carbons (Fsp3) is 0.900. The Kier molecular flexibility index (Phi) is 6.48. The van der Waals surface area contributed by atoms with Gasteiger partial charge in [0.1, 0.15) is 12.1 Å². The van der Waals surface area contributed by atoms with Crippen molar-refractivity contribution in [3.8, 4) is 0 Å². The number of likely N-dealkylation sites (N-methyl/N-ethyl adjacent to an activating group) is 1. The molecule has 1 atom stereocenters. The highest BCUT2D eigenvalue weighted by atomic mass is 19.4. The number of carboxylic acids is 1. The van der Waals surface area contributed by atoms with Crippen LogP contribution in [0.2, 0.25) is 0 Å². The molecule has 0 aromatic carbocycles. The Bertz CT molecular complexity index is 239. The molecule has 0 fully saturated rings. The number of carboxylic acid groups (broad SMARTS) is 1. The minimum absolute atomic E-state index is 0.101. The molecule has 0 saturated heterocycles. The average Bonchev–Trinajstić information content (AvgIpc) is 2.22. The molecule has 2 N–H and O–H groups in total. The summed E-state index contributed by atoms with van der Waals surface area (Å²) in [5.74, 6) is -1.00. The van der Waals surface area contributed by atoms with Crippen molar-refractivity contribution in [3.63, 3.8) is 0 Å². The number of hydrogen-bond donors (Lipinski definition) is 2. The van der Waals surface area contributed by atoms with Crippen molar-refractivity contribution in [2.24, 2.45) is 0 Å². The Morgan fingerprint density at radius 1 is 1.41 bits per heavy atom. The topological polar surface area (TPSA) is 58.6 Å². The SMILES string of the molecule is CCC(CCCOCC(F)(F)F)(NC)C(=O)O. The second-order valence-electron chi connectivity index (χ2n) is 3.76. The van der Waals surface area contributed by atoms with Crippen molar-refractivity contribution < 1.29 is 27.8 Å². The molecule has 0 rings (SSSR count). The lowest BCUT2D eigenvalue weighted by molar-refractivity contribution is -0.174. The maximum Gasteiger partial charge on any atom is 0.411 e. The Labute approximate surface area is 98.1 Å². The number of nitrogens with one attached hydrogen (secondary N) is 1. The average molecular weight is 257 g/mol. The summed E-state index contributed by atoms with van der Waals surface area (Å²) < 4.78 is 39.7. The molecule has 0 bridgehead atoms. The van der Waals surface area contributed by atoms with Crippen molar-refractivity contribution in [1.82, 2.24) is 5.32 Å². The molecule has 102 valence electrons. The van der Waals surface area contributed by atoms with Gasteiger partial charge in [0.05, 0.1) is 0 Å². The quantitative estimate of drug-likeness (QED) is 0.651. The van der Waals surface area contributed by atoms with E-state index in [1.165, 1.54) is 7.05 Å². The van der Waals surface area contributed by atoms with Crippen LogP contribution in [0.5, 0.6) is 0 Å². The molecule has 0 aliphatic heterocycles. The highest BCUT2D eigenvalue weighted by molar-refractivity contribution is 5.78. The lowest BCUT2D eigenvalue weighted by Gasteiger charge is -2.27. The second kappa shape index (κ2) is 6.80. The third kappa shape index (κ3) is 5.88. The second-order valence-corrected chi connectivity index (χ2v) is 3.76. The number of rotatable bonds is 8. The number of carbonyl (C=O) groups is 1. The first kappa shape index (κ1) is 16.2. The maximum absolute atomic E-state index is 11.7. The fourth-order valence-corrected chi connectivity index (χ4v) is 1.51. The van der Waals surface area contributed by atoms with E-state index < -0.39 is 24.3 Å². The summed E-state index contributed by atoms with van der Waals surface area (Å²) in [7, 11) is 1.52. The van der Waals surface area contributed by atoms with Gasteiger partial charge in [-0.05, 0) is 26.3 Å². The predicted octanol–water partition coefficient (Wildman–Crippen LogP) is 1.80. The van der Waals surface area contributed by atoms with E-state index in [0.29, 0.717) is 6.42 Å². The van der Waals surface area contributed by atoms with E-state index in [2.05, 4.69) is 10.1 Å². The summed E-state index contributed by atoms with van der Waals surface area (Å²) in [5.41, 5.74) is -1.08. The molecule has 0 spiro atoms. The van der Waals surface area contributed by atoms with Crippen LogP contribution in [0.15, 0.2) is 0 Å². The van der Waals surface area contributed by atoms with Gasteiger partial charge < -0.3 is 15.2 Å². The van der Waals surface area contributed by atoms with Crippen molar-refractivity contribution in [2.75, 3.05) is 20.3 Å². The summed E-state index contributed by atoms with van der Waals surface area (Å²) in [6.45, 7) is 0.316. The third-order valence-electron chi connectivity index (χ3n) is 2.65. The smallest absolute Gasteiger partial charge is 0.411 e. The summed E-state index contributed by atoms with van der Waals surface area (Å²) in [4.78, 5) is 11.0. The lowest BCUT2D eigenvalue weighted by Crippen LogP contribution is -2.49. The number of alkyl halides is 3. The van der Waals surface area contributed by atoms with Crippen molar-refractivity contribution >= 4 is 5.97 Å². The monoisotopic (exact) mass is 257 g/mol. The zero-order valence-corrected chi connectivity index (χ0v) is 9.93. The normalized spacial score (nSPS) is 15.6. The van der Waals surface area contributed by atoms with Gasteiger partial charge >= 0.3 is 12.1 Å². The van der Waals surface area contributed by atoms with Crippen molar-refractivity contribution in [3.05, 3.63) is 0 Å². The Morgan fingerprint density at radius 2 is 2.00 bits per heavy atom. The van der Waals surface area contributed by atoms with Crippen LogP contribution in [0.3, 0.4) is 0 Å². The lowest BCUT2D eigenvalue weighted by atomic mass is 9.91. The van der Waals surface area contributed by atoms with Gasteiger partial charge in [-0.1, -0.05) is 6.92 Å². The van der Waals surface area contributed by atoms with E-state index in [-0.39, 0.29) is 19.4 Å². The number of hydrogen-bond acceptors (Lipinski definition) is 3. The van der Waals surface area contributed by atoms with Crippen LogP contribution < -0.4 is 5.32 Å². The summed E-state index contributed by atoms with van der Waals surface area (Å²) in [6, 6.07) is 0. The molecule has 0 aromatic heterocycles. The highest BCUT2D eigenvalue weighted by Crippen LogP contribution is 2.18. The Balaban J connectivity index is 3.96. The maximum atomic E-state index is 11.7. The van der Waals surface area contributed by atoms with Gasteiger partial charge in [-0.15, -0.1) is 0 Å². The van der Waals surface area contributed by atoms with E-state index in [4.69, 9.17) is 5.11 Å². The van der Waals surface area contributed by atoms with E-state index in [0.717, 1.165) is 0 Å². The first-order valence-electron chi connectivity index (χ1n) is 5.34. The summed E-state index contributed by atoms with van der Waals surface area (Å²) in [5, 5.41) is 11.7. The van der Waals surface area contributed by atoms with E-state index in [9.17, 15) is 18.0 Å². The van der Waals surface area contributed by atoms with E-state index in [1.807, 2.05) is 0 Å². The number of ether oxygens (including phenoxy) is 1. The van der Waals surface area contributed by atoms with Crippen LogP contribution >= 0.6 is 0 Å². The van der Waals surface area contributed by atoms with Gasteiger partial charge in [0.25, 0.3) is 0 Å². The summed E-state index contributed by atoms with van der Waals surface area (Å²) >= 11 is 0. The number of aliphatic carboxylic acids is 1. The molecule has 0 saturated carbocycles. The highest BCUT2D eigenvalue weighted by Gasteiger charge is 2.34. The zero-order valence-electron chi connectivity index (χ0n) is 9.93. The Hall–Kier alpha value is -0.820. The summed E-state index contributed by atoms with van der Waals surface area (Å²) in [6.07, 6.45) is -3.49. The van der Waals surface area contributed by atoms with Crippen LogP contribution in [-0.4, -0.2) is 43.1 Å². The molecule has 0 heterocycles. The van der Waals surface area contributed by atoms with E-state index in [1.54, 1.807) is 6.92 Å². The third-order valence-corrected chi connectivity index (χ3v) is 2.65. The predicted molar refractivity (Wildman–Crippen MR) is 55.8 cm³/mol. The standard InChI is InChI=1S/C10H18F3NO3/c1-3-9(14-2,8(15)16)5-4-6-17-7-10(11,12)13/h14H,3-7H2,1-2H3,(H,15,16). The molecular weight excluding hydrogens is 239 g/mol. The van der Waals surface area contributed by atoms with Crippen molar-refractivity contribution in [1.29, 1.82) is 0 Å². The Morgan fingerprint density at radius 3 is 2.35 bits per heavy atom. The van der Waals surface area contributed by atoms with Gasteiger partial charge in [0.15, 0.2) is 0 Å². The molecule has 1 unspecified atom stereocenters. The first-order chi connectivity index (χ1) is 7.77. The fourth-order valence-electron chi connectivity index (χ4n) is 1.51. The van der Waals surface area contributed by atoms with E-state index >= 15 is 0 Å².